The van der Waals surface area contributed by atoms with Crippen LogP contribution >= 0.6 is 0 Å². The average Bonchev–Trinajstić information content (AvgIpc) is 3.09. The summed E-state index contributed by atoms with van der Waals surface area (Å²) in [5.41, 5.74) is 1.44. The highest BCUT2D eigenvalue weighted by Gasteiger charge is 2.19. The Morgan fingerprint density at radius 1 is 1.13 bits per heavy atom. The van der Waals surface area contributed by atoms with E-state index in [0.29, 0.717) is 5.56 Å². The lowest BCUT2D eigenvalue weighted by molar-refractivity contribution is -0.123. The topological polar surface area (TPSA) is 95.1 Å². The first-order valence-electron chi connectivity index (χ1n) is 7.16. The van der Waals surface area contributed by atoms with Crippen LogP contribution in [0.25, 0.3) is 0 Å². The van der Waals surface area contributed by atoms with E-state index < -0.39 is 11.9 Å². The van der Waals surface area contributed by atoms with Gasteiger partial charge in [-0.2, -0.15) is 5.26 Å². The van der Waals surface area contributed by atoms with E-state index >= 15 is 0 Å². The number of nitrogens with zero attached hydrogens (tertiary/aromatic N) is 1. The van der Waals surface area contributed by atoms with Crippen molar-refractivity contribution in [1.29, 1.82) is 5.26 Å². The number of furan rings is 1. The van der Waals surface area contributed by atoms with Gasteiger partial charge in [0.2, 0.25) is 5.91 Å². The van der Waals surface area contributed by atoms with E-state index in [1.54, 1.807) is 37.3 Å². The van der Waals surface area contributed by atoms with Gasteiger partial charge >= 0.3 is 0 Å². The second-order valence-electron chi connectivity index (χ2n) is 5.14. The van der Waals surface area contributed by atoms with Crippen molar-refractivity contribution in [1.82, 2.24) is 10.6 Å². The van der Waals surface area contributed by atoms with Crippen LogP contribution < -0.4 is 10.6 Å². The van der Waals surface area contributed by atoms with Crippen molar-refractivity contribution < 1.29 is 14.0 Å². The molecule has 2 rings (SSSR count). The standard InChI is InChI=1S/C17H17N3O3/c1-11(14-7-5-13(10-18)6-8-14)19-16(21)12(2)20-17(22)15-4-3-9-23-15/h3-9,11-12H,1-2H3,(H,19,21)(H,20,22). The van der Waals surface area contributed by atoms with E-state index in [1.807, 2.05) is 13.0 Å². The van der Waals surface area contributed by atoms with Gasteiger partial charge in [0.25, 0.3) is 5.91 Å². The van der Waals surface area contributed by atoms with Gasteiger partial charge in [-0.25, -0.2) is 0 Å². The molecule has 1 aromatic carbocycles. The Kier molecular flexibility index (Phi) is 5.15. The maximum Gasteiger partial charge on any atom is 0.287 e. The minimum atomic E-state index is -0.701. The summed E-state index contributed by atoms with van der Waals surface area (Å²) in [5, 5.41) is 14.2. The first-order valence-corrected chi connectivity index (χ1v) is 7.16. The highest BCUT2D eigenvalue weighted by Crippen LogP contribution is 2.13. The molecule has 0 aliphatic heterocycles. The molecule has 1 aromatic heterocycles. The average molecular weight is 311 g/mol. The van der Waals surface area contributed by atoms with Crippen molar-refractivity contribution in [2.24, 2.45) is 0 Å². The highest BCUT2D eigenvalue weighted by molar-refractivity contribution is 5.95. The first-order chi connectivity index (χ1) is 11.0. The highest BCUT2D eigenvalue weighted by atomic mass is 16.3. The molecular formula is C17H17N3O3. The van der Waals surface area contributed by atoms with Gasteiger partial charge < -0.3 is 15.1 Å². The third-order valence-corrected chi connectivity index (χ3v) is 3.38. The fourth-order valence-corrected chi connectivity index (χ4v) is 2.01. The number of rotatable bonds is 5. The van der Waals surface area contributed by atoms with E-state index in [-0.39, 0.29) is 17.7 Å². The molecule has 118 valence electrons. The van der Waals surface area contributed by atoms with Crippen molar-refractivity contribution >= 4 is 11.8 Å². The Morgan fingerprint density at radius 2 is 1.83 bits per heavy atom. The van der Waals surface area contributed by atoms with Crippen LogP contribution in [-0.2, 0) is 4.79 Å². The number of hydrogen-bond donors (Lipinski definition) is 2. The van der Waals surface area contributed by atoms with E-state index in [4.69, 9.17) is 9.68 Å². The molecule has 23 heavy (non-hydrogen) atoms. The summed E-state index contributed by atoms with van der Waals surface area (Å²) in [5.74, 6) is -0.588. The lowest BCUT2D eigenvalue weighted by Gasteiger charge is -2.18. The minimum Gasteiger partial charge on any atom is -0.459 e. The van der Waals surface area contributed by atoms with Gasteiger partial charge in [0.05, 0.1) is 23.9 Å². The van der Waals surface area contributed by atoms with Crippen LogP contribution in [0.5, 0.6) is 0 Å². The second kappa shape index (κ2) is 7.27. The van der Waals surface area contributed by atoms with Crippen LogP contribution in [-0.4, -0.2) is 17.9 Å². The minimum absolute atomic E-state index is 0.157. The third-order valence-electron chi connectivity index (χ3n) is 3.38. The molecule has 2 atom stereocenters. The van der Waals surface area contributed by atoms with Crippen LogP contribution in [0.15, 0.2) is 47.1 Å². The number of carbonyl (C=O) groups is 2. The lowest BCUT2D eigenvalue weighted by atomic mass is 10.1. The van der Waals surface area contributed by atoms with E-state index in [9.17, 15) is 9.59 Å². The molecule has 2 aromatic rings. The maximum atomic E-state index is 12.1. The molecule has 2 amide bonds. The number of nitrogens with one attached hydrogen (secondary N) is 2. The smallest absolute Gasteiger partial charge is 0.287 e. The molecule has 0 fully saturated rings. The summed E-state index contributed by atoms with van der Waals surface area (Å²) in [6.07, 6.45) is 1.40. The molecule has 0 saturated carbocycles. The van der Waals surface area contributed by atoms with Crippen molar-refractivity contribution in [3.63, 3.8) is 0 Å². The fourth-order valence-electron chi connectivity index (χ4n) is 2.01. The molecule has 2 N–H and O–H groups in total. The zero-order valence-corrected chi connectivity index (χ0v) is 12.9. The van der Waals surface area contributed by atoms with Gasteiger partial charge in [0.15, 0.2) is 5.76 Å². The molecule has 0 aliphatic carbocycles. The van der Waals surface area contributed by atoms with Gasteiger partial charge in [0, 0.05) is 0 Å². The quantitative estimate of drug-likeness (QED) is 0.884. The summed E-state index contributed by atoms with van der Waals surface area (Å²) in [7, 11) is 0. The van der Waals surface area contributed by atoms with Gasteiger partial charge in [-0.05, 0) is 43.7 Å². The predicted molar refractivity (Wildman–Crippen MR) is 83.4 cm³/mol. The summed E-state index contributed by atoms with van der Waals surface area (Å²) >= 11 is 0. The van der Waals surface area contributed by atoms with Gasteiger partial charge in [-0.3, -0.25) is 9.59 Å². The maximum absolute atomic E-state index is 12.1. The van der Waals surface area contributed by atoms with E-state index in [0.717, 1.165) is 5.56 Å². The normalized spacial score (nSPS) is 12.7. The van der Waals surface area contributed by atoms with Crippen molar-refractivity contribution in [2.45, 2.75) is 25.9 Å². The van der Waals surface area contributed by atoms with Crippen molar-refractivity contribution in [3.8, 4) is 6.07 Å². The molecule has 1 heterocycles. The van der Waals surface area contributed by atoms with Crippen LogP contribution in [0.1, 0.15) is 41.6 Å². The summed E-state index contributed by atoms with van der Waals surface area (Å²) in [4.78, 5) is 24.0. The van der Waals surface area contributed by atoms with Gasteiger partial charge in [-0.1, -0.05) is 12.1 Å². The SMILES string of the molecule is CC(NC(=O)c1ccco1)C(=O)NC(C)c1ccc(C#N)cc1. The zero-order chi connectivity index (χ0) is 16.8. The lowest BCUT2D eigenvalue weighted by Crippen LogP contribution is -2.45. The molecule has 6 nitrogen and oxygen atoms in total. The summed E-state index contributed by atoms with van der Waals surface area (Å²) in [6.45, 7) is 3.43. The van der Waals surface area contributed by atoms with Crippen LogP contribution in [0.3, 0.4) is 0 Å². The molecule has 0 saturated heterocycles. The van der Waals surface area contributed by atoms with E-state index in [2.05, 4.69) is 10.6 Å². The summed E-state index contributed by atoms with van der Waals surface area (Å²) < 4.78 is 4.98. The van der Waals surface area contributed by atoms with Gasteiger partial charge in [0.1, 0.15) is 6.04 Å². The Balaban J connectivity index is 1.92. The molecule has 0 aliphatic rings. The van der Waals surface area contributed by atoms with E-state index in [1.165, 1.54) is 12.3 Å². The van der Waals surface area contributed by atoms with Crippen molar-refractivity contribution in [2.75, 3.05) is 0 Å². The molecule has 0 spiro atoms. The van der Waals surface area contributed by atoms with Gasteiger partial charge in [-0.15, -0.1) is 0 Å². The Bertz CT molecular complexity index is 715. The number of amides is 2. The Labute approximate surface area is 134 Å². The molecule has 0 radical (unpaired) electrons. The first kappa shape index (κ1) is 16.3. The molecule has 2 unspecified atom stereocenters. The van der Waals surface area contributed by atoms with Crippen LogP contribution in [0, 0.1) is 11.3 Å². The number of nitriles is 1. The number of carbonyl (C=O) groups excluding carboxylic acids is 2. The molecular weight excluding hydrogens is 294 g/mol. The van der Waals surface area contributed by atoms with Crippen LogP contribution in [0.2, 0.25) is 0 Å². The fraction of sp³-hybridized carbons (Fsp3) is 0.235. The Morgan fingerprint density at radius 3 is 2.39 bits per heavy atom. The Hall–Kier alpha value is -3.07. The zero-order valence-electron chi connectivity index (χ0n) is 12.9. The van der Waals surface area contributed by atoms with Crippen LogP contribution in [0.4, 0.5) is 0 Å². The second-order valence-corrected chi connectivity index (χ2v) is 5.14. The largest absolute Gasteiger partial charge is 0.459 e. The molecule has 6 heteroatoms. The predicted octanol–water partition coefficient (Wildman–Crippen LogP) is 2.15. The number of hydrogen-bond acceptors (Lipinski definition) is 4. The monoisotopic (exact) mass is 311 g/mol. The number of benzene rings is 1. The van der Waals surface area contributed by atoms with Crippen molar-refractivity contribution in [3.05, 3.63) is 59.5 Å². The molecule has 0 bridgehead atoms. The third kappa shape index (κ3) is 4.20. The summed E-state index contributed by atoms with van der Waals surface area (Å²) in [6, 6.07) is 11.2.